The zero-order valence-electron chi connectivity index (χ0n) is 20.7. The number of Topliss-reactive ketones (excluding diaryl/α,β-unsaturated/α-hetero) is 1. The predicted molar refractivity (Wildman–Crippen MR) is 136 cm³/mol. The number of H-pyrrole nitrogens is 1. The number of hydrogen-bond acceptors (Lipinski definition) is 7. The zero-order chi connectivity index (χ0) is 24.4. The molecule has 1 aliphatic heterocycles. The smallest absolute Gasteiger partial charge is 0.246 e. The molecule has 3 aliphatic rings. The minimum absolute atomic E-state index is 0.178. The molecule has 10 heteroatoms. The van der Waals surface area contributed by atoms with E-state index in [0.717, 1.165) is 47.8 Å². The number of fused-ring (bicyclic) bond motifs is 1. The van der Waals surface area contributed by atoms with Gasteiger partial charge in [-0.2, -0.15) is 15.2 Å². The molecular formula is C26H31N9O. The number of aryl methyl sites for hydroxylation is 1. The molecule has 0 spiro atoms. The fraction of sp³-hybridized carbons (Fsp3) is 0.500. The van der Waals surface area contributed by atoms with Crippen LogP contribution in [0, 0.1) is 0 Å². The van der Waals surface area contributed by atoms with E-state index in [2.05, 4.69) is 37.6 Å². The highest BCUT2D eigenvalue weighted by Crippen LogP contribution is 2.41. The molecule has 0 amide bonds. The van der Waals surface area contributed by atoms with Crippen LogP contribution in [0.5, 0.6) is 0 Å². The lowest BCUT2D eigenvalue weighted by Crippen LogP contribution is -2.50. The number of rotatable bonds is 8. The van der Waals surface area contributed by atoms with Crippen LogP contribution < -0.4 is 10.2 Å². The molecule has 0 aromatic carbocycles. The molecule has 10 nitrogen and oxygen atoms in total. The van der Waals surface area contributed by atoms with Crippen LogP contribution in [0.15, 0.2) is 30.5 Å². The van der Waals surface area contributed by atoms with Crippen molar-refractivity contribution < 1.29 is 4.79 Å². The number of anilines is 3. The Bertz CT molecular complexity index is 1460. The van der Waals surface area contributed by atoms with Gasteiger partial charge in [-0.15, -0.1) is 5.10 Å². The van der Waals surface area contributed by atoms with Gasteiger partial charge >= 0.3 is 0 Å². The molecule has 2 saturated carbocycles. The number of ketones is 1. The second-order valence-corrected chi connectivity index (χ2v) is 10.8. The maximum absolute atomic E-state index is 13.8. The van der Waals surface area contributed by atoms with Gasteiger partial charge in [0.15, 0.2) is 17.4 Å². The number of hydrogen-bond donors (Lipinski definition) is 2. The molecule has 5 heterocycles. The summed E-state index contributed by atoms with van der Waals surface area (Å²) < 4.78 is 3.70. The van der Waals surface area contributed by atoms with E-state index >= 15 is 0 Å². The maximum Gasteiger partial charge on any atom is 0.246 e. The van der Waals surface area contributed by atoms with Crippen molar-refractivity contribution in [3.8, 4) is 0 Å². The minimum Gasteiger partial charge on any atom is -0.327 e. The summed E-state index contributed by atoms with van der Waals surface area (Å²) in [5.74, 6) is 3.32. The van der Waals surface area contributed by atoms with Crippen LogP contribution in [-0.4, -0.2) is 52.4 Å². The lowest BCUT2D eigenvalue weighted by molar-refractivity contribution is -0.122. The summed E-state index contributed by atoms with van der Waals surface area (Å²) in [4.78, 5) is 20.8. The normalized spacial score (nSPS) is 22.0. The van der Waals surface area contributed by atoms with Gasteiger partial charge < -0.3 is 10.2 Å². The second-order valence-electron chi connectivity index (χ2n) is 10.8. The van der Waals surface area contributed by atoms with E-state index in [1.807, 2.05) is 41.5 Å². The summed E-state index contributed by atoms with van der Waals surface area (Å²) in [6.45, 7) is 2.77. The van der Waals surface area contributed by atoms with Crippen LogP contribution in [0.4, 0.5) is 17.6 Å². The summed E-state index contributed by atoms with van der Waals surface area (Å²) in [5, 5.41) is 20.4. The van der Waals surface area contributed by atoms with Gasteiger partial charge in [0.2, 0.25) is 5.95 Å². The molecule has 0 bridgehead atoms. The van der Waals surface area contributed by atoms with E-state index in [1.54, 1.807) is 0 Å². The van der Waals surface area contributed by atoms with Crippen molar-refractivity contribution in [1.82, 2.24) is 34.6 Å². The number of aromatic nitrogens is 7. The number of nitrogens with zero attached hydrogens (tertiary/aromatic N) is 7. The molecule has 36 heavy (non-hydrogen) atoms. The Morgan fingerprint density at radius 2 is 2.03 bits per heavy atom. The van der Waals surface area contributed by atoms with E-state index in [0.29, 0.717) is 30.0 Å². The Kier molecular flexibility index (Phi) is 4.74. The summed E-state index contributed by atoms with van der Waals surface area (Å²) in [5.41, 5.74) is 3.45. The number of carbonyl (C=O) groups is 1. The first-order chi connectivity index (χ1) is 17.5. The van der Waals surface area contributed by atoms with Crippen LogP contribution >= 0.6 is 0 Å². The van der Waals surface area contributed by atoms with Gasteiger partial charge in [0.25, 0.3) is 0 Å². The third-order valence-corrected chi connectivity index (χ3v) is 8.06. The van der Waals surface area contributed by atoms with Crippen LogP contribution in [0.3, 0.4) is 0 Å². The molecule has 3 fully saturated rings. The fourth-order valence-electron chi connectivity index (χ4n) is 5.46. The van der Waals surface area contributed by atoms with Crippen molar-refractivity contribution in [2.45, 2.75) is 69.2 Å². The Morgan fingerprint density at radius 1 is 1.19 bits per heavy atom. The van der Waals surface area contributed by atoms with Crippen molar-refractivity contribution in [3.05, 3.63) is 47.5 Å². The van der Waals surface area contributed by atoms with Crippen molar-refractivity contribution >= 4 is 28.9 Å². The number of carbonyl (C=O) groups excluding carboxylic acids is 1. The van der Waals surface area contributed by atoms with Gasteiger partial charge in [0.05, 0.1) is 17.7 Å². The molecule has 4 aromatic heterocycles. The molecule has 2 N–H and O–H groups in total. The average molecular weight is 486 g/mol. The molecule has 186 valence electrons. The average Bonchev–Trinajstić information content (AvgIpc) is 3.71. The highest BCUT2D eigenvalue weighted by Gasteiger charge is 2.45. The van der Waals surface area contributed by atoms with Gasteiger partial charge in [-0.3, -0.25) is 14.6 Å². The number of aromatic amines is 1. The second kappa shape index (κ2) is 7.91. The first-order valence-corrected chi connectivity index (χ1v) is 13.0. The van der Waals surface area contributed by atoms with Gasteiger partial charge in [-0.25, -0.2) is 4.52 Å². The van der Waals surface area contributed by atoms with E-state index in [4.69, 9.17) is 10.1 Å². The van der Waals surface area contributed by atoms with Gasteiger partial charge in [0.1, 0.15) is 5.52 Å². The van der Waals surface area contributed by atoms with E-state index in [-0.39, 0.29) is 5.78 Å². The van der Waals surface area contributed by atoms with Crippen LogP contribution in [-0.2, 0) is 18.3 Å². The quantitative estimate of drug-likeness (QED) is 0.390. The van der Waals surface area contributed by atoms with E-state index in [9.17, 15) is 4.79 Å². The summed E-state index contributed by atoms with van der Waals surface area (Å²) >= 11 is 0. The number of nitrogens with one attached hydrogen (secondary N) is 2. The van der Waals surface area contributed by atoms with E-state index < -0.39 is 5.54 Å². The molecule has 1 atom stereocenters. The van der Waals surface area contributed by atoms with E-state index in [1.165, 1.54) is 25.7 Å². The van der Waals surface area contributed by atoms with Gasteiger partial charge in [-0.05, 0) is 63.6 Å². The minimum atomic E-state index is -0.673. The summed E-state index contributed by atoms with van der Waals surface area (Å²) in [6.07, 6.45) is 8.79. The SMILES string of the molecule is Cn1nc(C2CC2)cc1CC(=O)[C@]1(C)CCCN1c1nc(Nc2cc(C3CC3)[nH]n2)c2cccn2n1. The Balaban J connectivity index is 1.18. The van der Waals surface area contributed by atoms with Crippen LogP contribution in [0.1, 0.15) is 74.4 Å². The Labute approximate surface area is 209 Å². The van der Waals surface area contributed by atoms with Crippen molar-refractivity contribution in [1.29, 1.82) is 0 Å². The highest BCUT2D eigenvalue weighted by atomic mass is 16.1. The maximum atomic E-state index is 13.8. The fourth-order valence-corrected chi connectivity index (χ4v) is 5.46. The van der Waals surface area contributed by atoms with Crippen LogP contribution in [0.25, 0.3) is 5.52 Å². The molecule has 1 saturated heterocycles. The van der Waals surface area contributed by atoms with Gasteiger partial charge in [0, 0.05) is 49.1 Å². The van der Waals surface area contributed by atoms with Crippen molar-refractivity contribution in [3.63, 3.8) is 0 Å². The third kappa shape index (κ3) is 3.66. The van der Waals surface area contributed by atoms with Gasteiger partial charge in [-0.1, -0.05) is 0 Å². The van der Waals surface area contributed by atoms with Crippen LogP contribution in [0.2, 0.25) is 0 Å². The molecule has 7 rings (SSSR count). The first-order valence-electron chi connectivity index (χ1n) is 13.0. The monoisotopic (exact) mass is 485 g/mol. The van der Waals surface area contributed by atoms with Crippen molar-refractivity contribution in [2.75, 3.05) is 16.8 Å². The molecule has 4 aromatic rings. The Morgan fingerprint density at radius 3 is 2.83 bits per heavy atom. The standard InChI is InChI=1S/C26H31N9O/c1-26(22(36)14-18-13-20(17-8-9-17)31-33(18)2)10-4-11-34(26)25-28-24(21-5-3-12-35(21)32-25)27-23-15-19(29-30-23)16-6-7-16/h3,5,12-13,15-17H,4,6-11,14H2,1-2H3,(H2,27,28,29,30,32)/t26-/m0/s1. The topological polar surface area (TPSA) is 109 Å². The lowest BCUT2D eigenvalue weighted by Gasteiger charge is -2.34. The zero-order valence-corrected chi connectivity index (χ0v) is 20.7. The summed E-state index contributed by atoms with van der Waals surface area (Å²) in [7, 11) is 1.94. The predicted octanol–water partition coefficient (Wildman–Crippen LogP) is 3.86. The lowest BCUT2D eigenvalue weighted by atomic mass is 9.90. The molecular weight excluding hydrogens is 454 g/mol. The largest absolute Gasteiger partial charge is 0.327 e. The Hall–Kier alpha value is -3.69. The molecule has 0 unspecified atom stereocenters. The van der Waals surface area contributed by atoms with Crippen molar-refractivity contribution in [2.24, 2.45) is 7.05 Å². The molecule has 2 aliphatic carbocycles. The molecule has 0 radical (unpaired) electrons. The highest BCUT2D eigenvalue weighted by molar-refractivity contribution is 5.93. The third-order valence-electron chi connectivity index (χ3n) is 8.06. The summed E-state index contributed by atoms with van der Waals surface area (Å²) in [6, 6.07) is 8.11. The first kappa shape index (κ1) is 21.6.